The number of hydrogen-bond acceptors (Lipinski definition) is 6. The molecule has 0 aliphatic heterocycles. The topological polar surface area (TPSA) is 71.8 Å². The van der Waals surface area contributed by atoms with Gasteiger partial charge in [-0.2, -0.15) is 20.1 Å². The molecular weight excluding hydrogens is 266 g/mol. The van der Waals surface area contributed by atoms with Gasteiger partial charge in [0.25, 0.3) is 5.95 Å². The average Bonchev–Trinajstić information content (AvgIpc) is 3.00. The number of hydrogen-bond donors (Lipinski definition) is 1. The quantitative estimate of drug-likeness (QED) is 0.876. The second kappa shape index (κ2) is 6.51. The summed E-state index contributed by atoms with van der Waals surface area (Å²) in [5.41, 5.74) is 0. The molecule has 1 unspecified atom stereocenters. The highest BCUT2D eigenvalue weighted by molar-refractivity contribution is 5.40. The van der Waals surface area contributed by atoms with E-state index in [1.807, 2.05) is 26.2 Å². The van der Waals surface area contributed by atoms with Crippen molar-refractivity contribution in [2.24, 2.45) is 5.92 Å². The predicted octanol–water partition coefficient (Wildman–Crippen LogP) is 1.97. The van der Waals surface area contributed by atoms with Gasteiger partial charge in [0.1, 0.15) is 0 Å². The molecule has 21 heavy (non-hydrogen) atoms. The third-order valence-corrected chi connectivity index (χ3v) is 3.55. The van der Waals surface area contributed by atoms with Crippen LogP contribution in [-0.2, 0) is 0 Å². The van der Waals surface area contributed by atoms with E-state index in [0.29, 0.717) is 29.8 Å². The third kappa shape index (κ3) is 3.48. The Hall–Kier alpha value is -2.18. The van der Waals surface area contributed by atoms with Crippen LogP contribution in [0.3, 0.4) is 0 Å². The van der Waals surface area contributed by atoms with Crippen LogP contribution in [0.25, 0.3) is 5.95 Å². The average molecular weight is 289 g/mol. The summed E-state index contributed by atoms with van der Waals surface area (Å²) < 4.78 is 1.64. The van der Waals surface area contributed by atoms with Crippen molar-refractivity contribution in [1.29, 1.82) is 0 Å². The maximum atomic E-state index is 4.53. The van der Waals surface area contributed by atoms with E-state index in [1.165, 1.54) is 0 Å². The number of nitrogens with one attached hydrogen (secondary N) is 1. The smallest absolute Gasteiger partial charge is 0.257 e. The van der Waals surface area contributed by atoms with E-state index in [2.05, 4.69) is 51.0 Å². The van der Waals surface area contributed by atoms with E-state index < -0.39 is 0 Å². The maximum Gasteiger partial charge on any atom is 0.257 e. The minimum atomic E-state index is 0.326. The Morgan fingerprint density at radius 1 is 1.24 bits per heavy atom. The van der Waals surface area contributed by atoms with E-state index in [9.17, 15) is 0 Å². The van der Waals surface area contributed by atoms with Crippen LogP contribution in [0.15, 0.2) is 18.5 Å². The lowest BCUT2D eigenvalue weighted by molar-refractivity contribution is 0.498. The van der Waals surface area contributed by atoms with Crippen LogP contribution in [0.4, 0.5) is 11.9 Å². The summed E-state index contributed by atoms with van der Waals surface area (Å²) in [5.74, 6) is 2.23. The molecule has 2 aromatic rings. The minimum Gasteiger partial charge on any atom is -0.354 e. The van der Waals surface area contributed by atoms with Gasteiger partial charge in [-0.1, -0.05) is 13.8 Å². The van der Waals surface area contributed by atoms with Crippen LogP contribution >= 0.6 is 0 Å². The van der Waals surface area contributed by atoms with Crippen LogP contribution in [0, 0.1) is 5.92 Å². The first-order valence-corrected chi connectivity index (χ1v) is 7.25. The lowest BCUT2D eigenvalue weighted by Crippen LogP contribution is -2.35. The van der Waals surface area contributed by atoms with Crippen molar-refractivity contribution >= 4 is 11.9 Å². The molecular formula is C14H23N7. The van der Waals surface area contributed by atoms with Gasteiger partial charge in [0, 0.05) is 32.0 Å². The Bertz CT molecular complexity index is 565. The summed E-state index contributed by atoms with van der Waals surface area (Å²) in [6.45, 7) is 9.29. The van der Waals surface area contributed by atoms with Crippen LogP contribution < -0.4 is 10.2 Å². The maximum absolute atomic E-state index is 4.53. The van der Waals surface area contributed by atoms with Gasteiger partial charge in [-0.15, -0.1) is 0 Å². The Morgan fingerprint density at radius 3 is 2.57 bits per heavy atom. The van der Waals surface area contributed by atoms with Gasteiger partial charge in [0.15, 0.2) is 0 Å². The zero-order valence-electron chi connectivity index (χ0n) is 13.3. The van der Waals surface area contributed by atoms with Crippen LogP contribution in [0.2, 0.25) is 0 Å². The van der Waals surface area contributed by atoms with Gasteiger partial charge in [-0.05, 0) is 25.8 Å². The monoisotopic (exact) mass is 289 g/mol. The van der Waals surface area contributed by atoms with Crippen molar-refractivity contribution in [3.05, 3.63) is 18.5 Å². The normalized spacial score (nSPS) is 12.5. The zero-order chi connectivity index (χ0) is 15.4. The fourth-order valence-electron chi connectivity index (χ4n) is 1.87. The van der Waals surface area contributed by atoms with Crippen molar-refractivity contribution in [1.82, 2.24) is 24.7 Å². The molecule has 0 radical (unpaired) electrons. The molecule has 7 heteroatoms. The largest absolute Gasteiger partial charge is 0.354 e. The third-order valence-electron chi connectivity index (χ3n) is 3.55. The van der Waals surface area contributed by atoms with Gasteiger partial charge in [0.2, 0.25) is 11.9 Å². The summed E-state index contributed by atoms with van der Waals surface area (Å²) in [6.07, 6.45) is 3.53. The van der Waals surface area contributed by atoms with Gasteiger partial charge in [-0.25, -0.2) is 4.68 Å². The molecule has 0 saturated heterocycles. The second-order valence-electron chi connectivity index (χ2n) is 5.34. The highest BCUT2D eigenvalue weighted by Gasteiger charge is 2.18. The van der Waals surface area contributed by atoms with E-state index in [-0.39, 0.29) is 0 Å². The fraction of sp³-hybridized carbons (Fsp3) is 0.571. The van der Waals surface area contributed by atoms with Gasteiger partial charge >= 0.3 is 0 Å². The van der Waals surface area contributed by atoms with Gasteiger partial charge in [-0.3, -0.25) is 0 Å². The van der Waals surface area contributed by atoms with Gasteiger partial charge in [0.05, 0.1) is 0 Å². The summed E-state index contributed by atoms with van der Waals surface area (Å²) in [5, 5.41) is 7.33. The summed E-state index contributed by atoms with van der Waals surface area (Å²) in [7, 11) is 2.00. The Morgan fingerprint density at radius 2 is 2.00 bits per heavy atom. The Labute approximate surface area is 125 Å². The zero-order valence-corrected chi connectivity index (χ0v) is 13.3. The molecule has 2 rings (SSSR count). The van der Waals surface area contributed by atoms with E-state index in [0.717, 1.165) is 6.54 Å². The highest BCUT2D eigenvalue weighted by atomic mass is 15.4. The lowest BCUT2D eigenvalue weighted by atomic mass is 10.1. The molecule has 7 nitrogen and oxygen atoms in total. The first kappa shape index (κ1) is 15.2. The molecule has 0 saturated carbocycles. The molecule has 0 aromatic carbocycles. The standard InChI is InChI=1S/C14H23N7/c1-6-15-12-17-13(20(5)11(4)10(2)3)19-14(18-12)21-9-7-8-16-21/h7-11H,6H2,1-5H3,(H,15,17,18,19). The number of aromatic nitrogens is 5. The van der Waals surface area contributed by atoms with Crippen LogP contribution in [-0.4, -0.2) is 44.4 Å². The summed E-state index contributed by atoms with van der Waals surface area (Å²) >= 11 is 0. The molecule has 2 aromatic heterocycles. The van der Waals surface area contributed by atoms with Crippen molar-refractivity contribution in [3.8, 4) is 5.95 Å². The molecule has 0 amide bonds. The molecule has 0 bridgehead atoms. The molecule has 114 valence electrons. The first-order valence-electron chi connectivity index (χ1n) is 7.25. The molecule has 0 aliphatic rings. The molecule has 0 fully saturated rings. The van der Waals surface area contributed by atoms with E-state index >= 15 is 0 Å². The van der Waals surface area contributed by atoms with Crippen molar-refractivity contribution in [2.75, 3.05) is 23.8 Å². The first-order chi connectivity index (χ1) is 10.0. The van der Waals surface area contributed by atoms with Crippen molar-refractivity contribution in [3.63, 3.8) is 0 Å². The highest BCUT2D eigenvalue weighted by Crippen LogP contribution is 2.17. The molecule has 1 atom stereocenters. The number of anilines is 2. The lowest BCUT2D eigenvalue weighted by Gasteiger charge is -2.28. The molecule has 1 N–H and O–H groups in total. The summed E-state index contributed by atoms with van der Waals surface area (Å²) in [4.78, 5) is 15.5. The summed E-state index contributed by atoms with van der Waals surface area (Å²) in [6, 6.07) is 2.17. The molecule has 0 spiro atoms. The fourth-order valence-corrected chi connectivity index (χ4v) is 1.87. The van der Waals surface area contributed by atoms with Gasteiger partial charge < -0.3 is 10.2 Å². The van der Waals surface area contributed by atoms with Crippen molar-refractivity contribution in [2.45, 2.75) is 33.7 Å². The SMILES string of the molecule is CCNc1nc(N(C)C(C)C(C)C)nc(-n2cccn2)n1. The van der Waals surface area contributed by atoms with E-state index in [1.54, 1.807) is 10.9 Å². The van der Waals surface area contributed by atoms with Crippen LogP contribution in [0.5, 0.6) is 0 Å². The number of nitrogens with zero attached hydrogens (tertiary/aromatic N) is 6. The van der Waals surface area contributed by atoms with Crippen molar-refractivity contribution < 1.29 is 0 Å². The Balaban J connectivity index is 2.40. The molecule has 0 aliphatic carbocycles. The Kier molecular flexibility index (Phi) is 4.72. The number of rotatable bonds is 6. The second-order valence-corrected chi connectivity index (χ2v) is 5.34. The molecule has 2 heterocycles. The predicted molar refractivity (Wildman–Crippen MR) is 83.8 cm³/mol. The minimum absolute atomic E-state index is 0.326. The van der Waals surface area contributed by atoms with Crippen LogP contribution in [0.1, 0.15) is 27.7 Å². The van der Waals surface area contributed by atoms with E-state index in [4.69, 9.17) is 0 Å².